The maximum absolute atomic E-state index is 2.46. The second-order valence-corrected chi connectivity index (χ2v) is 8.71. The van der Waals surface area contributed by atoms with Crippen molar-refractivity contribution < 1.29 is 0 Å². The number of rotatable bonds is 2. The Balaban J connectivity index is -0.000000366. The largest absolute Gasteiger partial charge is 0.0776 e. The van der Waals surface area contributed by atoms with Gasteiger partial charge in [-0.2, -0.15) is 0 Å². The van der Waals surface area contributed by atoms with E-state index in [4.69, 9.17) is 0 Å². The van der Waals surface area contributed by atoms with Crippen molar-refractivity contribution in [2.45, 2.75) is 128 Å². The van der Waals surface area contributed by atoms with E-state index in [0.717, 1.165) is 35.5 Å². The van der Waals surface area contributed by atoms with Gasteiger partial charge in [0.2, 0.25) is 0 Å². The highest BCUT2D eigenvalue weighted by atomic mass is 128. The summed E-state index contributed by atoms with van der Waals surface area (Å²) in [6, 6.07) is 0. The molecule has 3 aliphatic carbocycles. The van der Waals surface area contributed by atoms with Crippen LogP contribution in [0.5, 0.6) is 0 Å². The summed E-state index contributed by atoms with van der Waals surface area (Å²) >= 11 is 4.24. The van der Waals surface area contributed by atoms with E-state index in [1.165, 1.54) is 25.7 Å². The lowest BCUT2D eigenvalue weighted by atomic mass is 9.65. The summed E-state index contributed by atoms with van der Waals surface area (Å²) in [6.07, 6.45) is 18.6. The van der Waals surface area contributed by atoms with Gasteiger partial charge in [0.05, 0.1) is 0 Å². The Morgan fingerprint density at radius 3 is 0.704 bits per heavy atom. The molecule has 3 rings (SSSR count). The maximum atomic E-state index is 2.46. The molecule has 0 amide bonds. The van der Waals surface area contributed by atoms with Gasteiger partial charge in [0.1, 0.15) is 0 Å². The Hall–Kier alpha value is 1.46. The molecule has 2 heteroatoms. The van der Waals surface area contributed by atoms with Gasteiger partial charge in [-0.25, -0.2) is 0 Å². The molecule has 0 aromatic rings. The quantitative estimate of drug-likeness (QED) is 0.273. The topological polar surface area (TPSA) is 0 Å². The van der Waals surface area contributed by atoms with E-state index in [0.29, 0.717) is 0 Å². The average Bonchev–Trinajstić information content (AvgIpc) is 2.58. The zero-order valence-corrected chi connectivity index (χ0v) is 19.0. The van der Waals surface area contributed by atoms with E-state index in [2.05, 4.69) is 51.1 Å². The van der Waals surface area contributed by atoms with Gasteiger partial charge in [0.25, 0.3) is 0 Å². The third-order valence-corrected chi connectivity index (χ3v) is 7.27. The van der Waals surface area contributed by atoms with Crippen molar-refractivity contribution >= 4 is 37.2 Å². The summed E-state index contributed by atoms with van der Waals surface area (Å²) in [6.45, 7) is 4.91. The maximum Gasteiger partial charge on any atom is 0 e. The molecule has 0 heterocycles. The predicted octanol–water partition coefficient (Wildman–Crippen LogP) is 11.4. The fourth-order valence-electron chi connectivity index (χ4n) is 5.60. The van der Waals surface area contributed by atoms with Crippen LogP contribution in [0.15, 0.2) is 0 Å². The van der Waals surface area contributed by atoms with Crippen LogP contribution in [0.25, 0.3) is 0 Å². The van der Waals surface area contributed by atoms with Gasteiger partial charge < -0.3 is 0 Å². The van der Waals surface area contributed by atoms with Crippen LogP contribution in [0.3, 0.4) is 0 Å². The van der Waals surface area contributed by atoms with Crippen LogP contribution in [0.1, 0.15) is 128 Å². The average molecular weight is 611 g/mol. The first-order valence-electron chi connectivity index (χ1n) is 9.86. The molecule has 0 saturated heterocycles. The van der Waals surface area contributed by atoms with Crippen LogP contribution < -0.4 is 0 Å². The Bertz CT molecular complexity index is 251. The summed E-state index contributed by atoms with van der Waals surface area (Å²) in [5, 5.41) is 0. The van der Waals surface area contributed by atoms with Gasteiger partial charge in [0, 0.05) is 37.2 Å². The molecule has 3 aliphatic rings. The third kappa shape index (κ3) is 11.4. The van der Waals surface area contributed by atoms with Crippen molar-refractivity contribution in [3.05, 3.63) is 0 Å². The van der Waals surface area contributed by atoms with Crippen LogP contribution in [0, 0.1) is 35.5 Å². The minimum Gasteiger partial charge on any atom is -0.0776 e. The first-order valence-corrected chi connectivity index (χ1v) is 16.1. The molecule has 0 aliphatic heterocycles. The molecule has 0 unspecified atom stereocenters. The number of hydrogen-bond acceptors (Lipinski definition) is 0. The summed E-state index contributed by atoms with van der Waals surface area (Å²) < 4.78 is 0. The molecule has 3 fully saturated rings. The molecule has 0 N–H and O–H groups in total. The minimum absolute atomic E-state index is 0. The van der Waals surface area contributed by atoms with Crippen molar-refractivity contribution in [3.63, 3.8) is 0 Å². The smallest absolute Gasteiger partial charge is 0 e. The molecule has 27 heavy (non-hydrogen) atoms. The van der Waals surface area contributed by atoms with E-state index in [1.54, 1.807) is 51.4 Å². The lowest BCUT2D eigenvalue weighted by Crippen LogP contribution is -2.29. The lowest BCUT2D eigenvalue weighted by Gasteiger charge is -2.41. The highest BCUT2D eigenvalue weighted by Crippen LogP contribution is 2.45. The Morgan fingerprint density at radius 2 is 0.519 bits per heavy atom. The molecule has 0 radical (unpaired) electrons. The van der Waals surface area contributed by atoms with Crippen LogP contribution in [-0.4, -0.2) is 0 Å². The first-order chi connectivity index (χ1) is 10.7. The van der Waals surface area contributed by atoms with E-state index in [9.17, 15) is 0 Å². The van der Waals surface area contributed by atoms with E-state index in [-0.39, 0.29) is 37.1 Å². The highest BCUT2D eigenvalue weighted by Gasteiger charge is 2.33. The molecule has 3 saturated carbocycles. The van der Waals surface area contributed by atoms with Crippen LogP contribution in [0.4, 0.5) is 0 Å². The van der Waals surface area contributed by atoms with E-state index in [1.807, 2.05) is 0 Å². The van der Waals surface area contributed by atoms with E-state index < -0.39 is 0 Å². The van der Waals surface area contributed by atoms with Gasteiger partial charge in [-0.05, 0) is 86.9 Å². The fourth-order valence-corrected chi connectivity index (χ4v) is 5.60. The van der Waals surface area contributed by atoms with Crippen molar-refractivity contribution in [2.24, 2.45) is 35.5 Å². The normalized spacial score (nSPS) is 35.1. The third-order valence-electron chi connectivity index (χ3n) is 7.27. The Labute approximate surface area is 199 Å². The summed E-state index contributed by atoms with van der Waals surface area (Å²) in [5.74, 6) is 6.48. The van der Waals surface area contributed by atoms with Crippen molar-refractivity contribution in [1.29, 1.82) is 0 Å². The monoisotopic (exact) mass is 610 g/mol. The van der Waals surface area contributed by atoms with Crippen molar-refractivity contribution in [2.75, 3.05) is 0 Å². The Morgan fingerprint density at radius 1 is 0.370 bits per heavy atom. The summed E-state index contributed by atoms with van der Waals surface area (Å²) in [5.41, 5.74) is 0. The highest BCUT2D eigenvalue weighted by molar-refractivity contribution is 15.0. The molecule has 170 valence electrons. The molecular weight excluding hydrogens is 554 g/mol. The van der Waals surface area contributed by atoms with E-state index >= 15 is 0 Å². The predicted molar refractivity (Wildman–Crippen MR) is 149 cm³/mol. The molecule has 0 nitrogen and oxygen atoms in total. The molecular formula is C25H56I2. The van der Waals surface area contributed by atoms with Crippen molar-refractivity contribution in [3.8, 4) is 0 Å². The summed E-state index contributed by atoms with van der Waals surface area (Å²) in [7, 11) is 0. The minimum atomic E-state index is 0. The molecule has 0 bridgehead atoms. The summed E-state index contributed by atoms with van der Waals surface area (Å²) in [4.78, 5) is 0. The van der Waals surface area contributed by atoms with Gasteiger partial charge in [-0.3, -0.25) is 0 Å². The zero-order valence-electron chi connectivity index (χ0n) is 14.7. The zero-order chi connectivity index (χ0) is 15.9. The molecule has 0 aromatic carbocycles. The second-order valence-electron chi connectivity index (χ2n) is 8.71. The molecule has 0 atom stereocenters. The molecule has 0 spiro atoms. The van der Waals surface area contributed by atoms with Gasteiger partial charge in [-0.15, -0.1) is 0 Å². The van der Waals surface area contributed by atoms with Crippen LogP contribution in [-0.2, 0) is 0 Å². The SMILES string of the molecule is C.C.C.C.C.CC1CCC(C2CCC(C3CCC(C)CC3)CC2)CC1.II. The fraction of sp³-hybridized carbons (Fsp3) is 1.00. The molecule has 0 aromatic heterocycles. The van der Waals surface area contributed by atoms with Crippen LogP contribution in [0.2, 0.25) is 0 Å². The van der Waals surface area contributed by atoms with Gasteiger partial charge in [-0.1, -0.05) is 76.7 Å². The standard InChI is InChI=1S/C20H36.5CH4.I2/c1-15-3-7-17(8-4-15)19-11-13-20(14-12-19)18-9-5-16(2)6-10-18;;;;;;1-2/h15-20H,3-14H2,1-2H3;5*1H4;. The first kappa shape index (κ1) is 35.9. The van der Waals surface area contributed by atoms with Gasteiger partial charge >= 0.3 is 0 Å². The van der Waals surface area contributed by atoms with Gasteiger partial charge in [0.15, 0.2) is 0 Å². The number of hydrogen-bond donors (Lipinski definition) is 0. The Kier molecular flexibility index (Phi) is 25.8. The van der Waals surface area contributed by atoms with Crippen molar-refractivity contribution in [1.82, 2.24) is 0 Å². The lowest BCUT2D eigenvalue weighted by molar-refractivity contribution is 0.108. The second kappa shape index (κ2) is 19.4. The number of halogens is 2. The van der Waals surface area contributed by atoms with Crippen LogP contribution >= 0.6 is 37.2 Å².